The molecule has 0 saturated carbocycles. The van der Waals surface area contributed by atoms with Crippen LogP contribution in [-0.2, 0) is 24.0 Å². The predicted octanol–water partition coefficient (Wildman–Crippen LogP) is -0.791. The Hall–Kier alpha value is -4.19. The van der Waals surface area contributed by atoms with Crippen molar-refractivity contribution in [2.24, 2.45) is 0 Å². The van der Waals surface area contributed by atoms with E-state index in [0.29, 0.717) is 0 Å². The fourth-order valence-electron chi connectivity index (χ4n) is 4.45. The molecule has 17 heteroatoms. The molecule has 1 aliphatic heterocycles. The molecule has 42 heavy (non-hydrogen) atoms. The minimum Gasteiger partial charge on any atom is -0.480 e. The van der Waals surface area contributed by atoms with Gasteiger partial charge in [-0.25, -0.2) is 0 Å². The highest BCUT2D eigenvalue weighted by Gasteiger charge is 2.29. The molecule has 1 atom stereocenters. The van der Waals surface area contributed by atoms with Crippen molar-refractivity contribution in [1.29, 1.82) is 0 Å². The van der Waals surface area contributed by atoms with Crippen LogP contribution >= 0.6 is 0 Å². The highest BCUT2D eigenvalue weighted by atomic mass is 16.6. The average molecular weight is 598 g/mol. The molecule has 0 aliphatic carbocycles. The third-order valence-corrected chi connectivity index (χ3v) is 6.58. The summed E-state index contributed by atoms with van der Waals surface area (Å²) in [5.41, 5.74) is -0.195. The van der Waals surface area contributed by atoms with E-state index in [4.69, 9.17) is 4.74 Å². The topological polar surface area (TPSA) is 232 Å². The highest BCUT2D eigenvalue weighted by molar-refractivity contribution is 5.76. The second-order valence-corrected chi connectivity index (χ2v) is 9.66. The minimum atomic E-state index is -1.24. The number of benzene rings is 1. The Bertz CT molecular complexity index is 1080. The van der Waals surface area contributed by atoms with Crippen LogP contribution in [-0.4, -0.2) is 153 Å². The van der Waals surface area contributed by atoms with Crippen LogP contribution in [0.25, 0.3) is 0 Å². The maximum atomic E-state index is 12.4. The normalized spacial score (nSPS) is 17.3. The van der Waals surface area contributed by atoms with Gasteiger partial charge in [0.1, 0.15) is 11.8 Å². The number of esters is 1. The van der Waals surface area contributed by atoms with E-state index in [9.17, 15) is 54.5 Å². The molecule has 2 rings (SSSR count). The molecule has 0 bridgehead atoms. The summed E-state index contributed by atoms with van der Waals surface area (Å²) in [7, 11) is 0. The van der Waals surface area contributed by atoms with E-state index in [2.05, 4.69) is 0 Å². The van der Waals surface area contributed by atoms with E-state index in [-0.39, 0.29) is 96.3 Å². The number of carboxylic acid groups (broad SMARTS) is 4. The van der Waals surface area contributed by atoms with Crippen LogP contribution in [0.3, 0.4) is 0 Å². The molecule has 232 valence electrons. The van der Waals surface area contributed by atoms with E-state index in [1.165, 1.54) is 12.1 Å². The van der Waals surface area contributed by atoms with Crippen LogP contribution in [0.2, 0.25) is 0 Å². The number of nitro benzene ring substituents is 1. The Morgan fingerprint density at radius 1 is 0.738 bits per heavy atom. The van der Waals surface area contributed by atoms with E-state index in [1.807, 2.05) is 0 Å². The first kappa shape index (κ1) is 34.0. The van der Waals surface area contributed by atoms with Gasteiger partial charge in [0.05, 0.1) is 24.6 Å². The lowest BCUT2D eigenvalue weighted by molar-refractivity contribution is -0.384. The Balaban J connectivity index is 2.18. The Kier molecular flexibility index (Phi) is 13.7. The summed E-state index contributed by atoms with van der Waals surface area (Å²) in [6.07, 6.45) is -0.488. The summed E-state index contributed by atoms with van der Waals surface area (Å²) in [6, 6.07) is 3.61. The molecular weight excluding hydrogens is 562 g/mol. The largest absolute Gasteiger partial charge is 0.480 e. The van der Waals surface area contributed by atoms with Gasteiger partial charge in [0.25, 0.3) is 5.69 Å². The van der Waals surface area contributed by atoms with Crippen molar-refractivity contribution in [3.05, 3.63) is 34.4 Å². The zero-order valence-corrected chi connectivity index (χ0v) is 22.9. The van der Waals surface area contributed by atoms with Gasteiger partial charge in [0, 0.05) is 70.9 Å². The van der Waals surface area contributed by atoms with Gasteiger partial charge in [-0.3, -0.25) is 53.7 Å². The number of aliphatic carboxylic acids is 4. The molecule has 1 saturated heterocycles. The molecule has 1 aromatic rings. The van der Waals surface area contributed by atoms with Crippen LogP contribution in [0, 0.1) is 10.1 Å². The fourth-order valence-corrected chi connectivity index (χ4v) is 4.45. The zero-order valence-electron chi connectivity index (χ0n) is 22.9. The molecule has 1 fully saturated rings. The predicted molar refractivity (Wildman–Crippen MR) is 143 cm³/mol. The maximum Gasteiger partial charge on any atom is 0.320 e. The number of non-ortho nitro benzene ring substituents is 1. The number of ether oxygens (including phenoxy) is 1. The lowest BCUT2D eigenvalue weighted by Gasteiger charge is -2.35. The summed E-state index contributed by atoms with van der Waals surface area (Å²) in [6.45, 7) is 0.0602. The van der Waals surface area contributed by atoms with E-state index >= 15 is 0 Å². The molecule has 17 nitrogen and oxygen atoms in total. The zero-order chi connectivity index (χ0) is 31.2. The number of hydrogen-bond donors (Lipinski definition) is 4. The van der Waals surface area contributed by atoms with Crippen molar-refractivity contribution in [2.75, 3.05) is 72.0 Å². The van der Waals surface area contributed by atoms with E-state index in [0.717, 1.165) is 12.1 Å². The van der Waals surface area contributed by atoms with Gasteiger partial charge < -0.3 is 25.2 Å². The number of nitrogens with zero attached hydrogens (tertiary/aromatic N) is 5. The summed E-state index contributed by atoms with van der Waals surface area (Å²) in [5, 5.41) is 48.8. The number of carboxylic acids is 4. The summed E-state index contributed by atoms with van der Waals surface area (Å²) < 4.78 is 5.17. The second kappa shape index (κ2) is 16.9. The van der Waals surface area contributed by atoms with Gasteiger partial charge >= 0.3 is 29.8 Å². The SMILES string of the molecule is O=C(O)CN1CCN(CC(=O)O)CCN([C@H](CCC(=O)Oc2ccc([N+](=O)[O-])cc2)C(=O)O)CCN(CC(=O)O)CC1. The molecule has 4 N–H and O–H groups in total. The third-order valence-electron chi connectivity index (χ3n) is 6.58. The first-order valence-corrected chi connectivity index (χ1v) is 13.1. The van der Waals surface area contributed by atoms with Gasteiger partial charge in [-0.05, 0) is 18.6 Å². The molecule has 0 aromatic heterocycles. The molecule has 1 aromatic carbocycles. The Labute approximate surface area is 240 Å². The van der Waals surface area contributed by atoms with Crippen LogP contribution in [0.4, 0.5) is 5.69 Å². The Morgan fingerprint density at radius 2 is 1.14 bits per heavy atom. The highest BCUT2D eigenvalue weighted by Crippen LogP contribution is 2.18. The molecule has 0 spiro atoms. The summed E-state index contributed by atoms with van der Waals surface area (Å²) in [4.78, 5) is 75.4. The number of hydrogen-bond acceptors (Lipinski definition) is 12. The van der Waals surface area contributed by atoms with Crippen molar-refractivity contribution >= 4 is 35.5 Å². The maximum absolute atomic E-state index is 12.4. The first-order chi connectivity index (χ1) is 19.8. The van der Waals surface area contributed by atoms with Crippen LogP contribution in [0.1, 0.15) is 12.8 Å². The van der Waals surface area contributed by atoms with Gasteiger partial charge in [-0.2, -0.15) is 0 Å². The van der Waals surface area contributed by atoms with Crippen molar-refractivity contribution in [3.63, 3.8) is 0 Å². The average Bonchev–Trinajstić information content (AvgIpc) is 2.89. The smallest absolute Gasteiger partial charge is 0.320 e. The van der Waals surface area contributed by atoms with Gasteiger partial charge in [-0.1, -0.05) is 0 Å². The first-order valence-electron chi connectivity index (χ1n) is 13.1. The lowest BCUT2D eigenvalue weighted by atomic mass is 10.1. The molecule has 0 radical (unpaired) electrons. The van der Waals surface area contributed by atoms with Gasteiger partial charge in [0.2, 0.25) is 0 Å². The molecule has 0 unspecified atom stereocenters. The fraction of sp³-hybridized carbons (Fsp3) is 0.560. The molecular formula is C25H35N5O12. The van der Waals surface area contributed by atoms with Crippen LogP contribution in [0.15, 0.2) is 24.3 Å². The van der Waals surface area contributed by atoms with Crippen molar-refractivity contribution in [1.82, 2.24) is 19.6 Å². The molecule has 1 aliphatic rings. The Morgan fingerprint density at radius 3 is 1.50 bits per heavy atom. The molecule has 0 amide bonds. The quantitative estimate of drug-likeness (QED) is 0.0944. The number of carbonyl (C=O) groups is 5. The van der Waals surface area contributed by atoms with Crippen molar-refractivity contribution < 1.29 is 54.1 Å². The second-order valence-electron chi connectivity index (χ2n) is 9.66. The van der Waals surface area contributed by atoms with Crippen molar-refractivity contribution in [2.45, 2.75) is 18.9 Å². The van der Waals surface area contributed by atoms with Crippen molar-refractivity contribution in [3.8, 4) is 5.75 Å². The number of rotatable bonds is 13. The lowest BCUT2D eigenvalue weighted by Crippen LogP contribution is -2.52. The van der Waals surface area contributed by atoms with Gasteiger partial charge in [-0.15, -0.1) is 0 Å². The minimum absolute atomic E-state index is 0.0503. The monoisotopic (exact) mass is 597 g/mol. The molecule has 1 heterocycles. The van der Waals surface area contributed by atoms with Crippen LogP contribution in [0.5, 0.6) is 5.75 Å². The summed E-state index contributed by atoms with van der Waals surface area (Å²) in [5.74, 6) is -5.27. The standard InChI is InChI=1S/C25H35N5O12/c31-21(32)15-26-7-9-27(16-22(33)34)11-13-29(14-12-28(10-8-26)17-23(35)36)20(25(38)39)5-6-24(37)42-19-3-1-18(2-4-19)30(40)41/h1-4,20H,5-17H2,(H,31,32)(H,33,34)(H,35,36)(H,38,39)/t20-/m1/s1. The summed E-state index contributed by atoms with van der Waals surface area (Å²) >= 11 is 0. The van der Waals surface area contributed by atoms with Gasteiger partial charge in [0.15, 0.2) is 0 Å². The van der Waals surface area contributed by atoms with E-state index in [1.54, 1.807) is 19.6 Å². The van der Waals surface area contributed by atoms with E-state index < -0.39 is 40.8 Å². The number of carbonyl (C=O) groups excluding carboxylic acids is 1. The van der Waals surface area contributed by atoms with Crippen LogP contribution < -0.4 is 4.74 Å². The number of nitro groups is 1. The third kappa shape index (κ3) is 12.5.